The number of benzene rings is 3. The van der Waals surface area contributed by atoms with Gasteiger partial charge in [0.25, 0.3) is 0 Å². The van der Waals surface area contributed by atoms with Gasteiger partial charge in [-0.2, -0.15) is 0 Å². The van der Waals surface area contributed by atoms with Gasteiger partial charge >= 0.3 is 0 Å². The Morgan fingerprint density at radius 1 is 0.881 bits per heavy atom. The molecule has 2 saturated carbocycles. The van der Waals surface area contributed by atoms with Crippen LogP contribution in [0.15, 0.2) is 95.6 Å². The summed E-state index contributed by atoms with van der Waals surface area (Å²) in [5, 5.41) is 15.8. The number of nitrogens with one attached hydrogen (secondary N) is 1. The van der Waals surface area contributed by atoms with Crippen molar-refractivity contribution in [2.45, 2.75) is 89.3 Å². The number of halogens is 1. The van der Waals surface area contributed by atoms with Gasteiger partial charge in [-0.15, -0.1) is 0 Å². The molecule has 1 unspecified atom stereocenters. The van der Waals surface area contributed by atoms with Crippen LogP contribution in [0.5, 0.6) is 0 Å². The highest BCUT2D eigenvalue weighted by atomic mass is 19.1. The largest absolute Gasteiger partial charge is 0.392 e. The third-order valence-corrected chi connectivity index (χ3v) is 9.73. The molecule has 2 N–H and O–H groups in total. The number of hydrogen-bond acceptors (Lipinski definition) is 2. The number of aliphatic hydroxyl groups excluding tert-OH is 1. The van der Waals surface area contributed by atoms with Crippen LogP contribution < -0.4 is 5.32 Å². The molecule has 0 amide bonds. The van der Waals surface area contributed by atoms with Crippen LogP contribution in [0.2, 0.25) is 0 Å². The summed E-state index contributed by atoms with van der Waals surface area (Å²) in [7, 11) is 0. The smallest absolute Gasteiger partial charge is 0.124 e. The minimum absolute atomic E-state index is 0.180. The second-order valence-electron chi connectivity index (χ2n) is 12.6. The zero-order chi connectivity index (χ0) is 28.9. The van der Waals surface area contributed by atoms with E-state index >= 15 is 0 Å². The molecule has 0 radical (unpaired) electrons. The lowest BCUT2D eigenvalue weighted by Crippen LogP contribution is -2.51. The van der Waals surface area contributed by atoms with Gasteiger partial charge in [-0.1, -0.05) is 96.9 Å². The van der Waals surface area contributed by atoms with Crippen molar-refractivity contribution >= 4 is 6.08 Å². The molecule has 216 valence electrons. The van der Waals surface area contributed by atoms with Crippen molar-refractivity contribution in [1.82, 2.24) is 5.32 Å². The van der Waals surface area contributed by atoms with Gasteiger partial charge in [0.05, 0.1) is 12.1 Å². The molecule has 3 aliphatic carbocycles. The number of rotatable bonds is 5. The zero-order valence-electron chi connectivity index (χ0n) is 24.7. The molecule has 0 aliphatic heterocycles. The molecule has 3 atom stereocenters. The minimum atomic E-state index is -0.362. The van der Waals surface area contributed by atoms with Crippen LogP contribution in [0, 0.1) is 23.1 Å². The molecule has 6 rings (SSSR count). The SMILES string of the molecule is CC1=C2CCC[C@H](O)[C@@]2(Cc2ccccc2)C/C(=C\c2cccc(C#Cc3cccc(F)c3)c2)C1NC1CCCCC1. The Morgan fingerprint density at radius 2 is 1.62 bits per heavy atom. The Labute approximate surface area is 250 Å². The monoisotopic (exact) mass is 559 g/mol. The fourth-order valence-electron chi connectivity index (χ4n) is 7.68. The summed E-state index contributed by atoms with van der Waals surface area (Å²) < 4.78 is 13.7. The van der Waals surface area contributed by atoms with Gasteiger partial charge in [-0.25, -0.2) is 4.39 Å². The van der Waals surface area contributed by atoms with E-state index in [0.717, 1.165) is 43.2 Å². The van der Waals surface area contributed by atoms with E-state index in [-0.39, 0.29) is 23.4 Å². The highest BCUT2D eigenvalue weighted by Crippen LogP contribution is 2.53. The molecule has 0 aromatic heterocycles. The summed E-state index contributed by atoms with van der Waals surface area (Å²) in [5.41, 5.74) is 7.94. The van der Waals surface area contributed by atoms with E-state index in [1.54, 1.807) is 6.07 Å². The zero-order valence-corrected chi connectivity index (χ0v) is 24.7. The fraction of sp³-hybridized carbons (Fsp3) is 0.385. The number of aliphatic hydroxyl groups is 1. The third-order valence-electron chi connectivity index (χ3n) is 9.73. The van der Waals surface area contributed by atoms with Crippen LogP contribution in [0.25, 0.3) is 6.08 Å². The Bertz CT molecular complexity index is 1520. The van der Waals surface area contributed by atoms with Gasteiger partial charge in [-0.05, 0) is 98.9 Å². The molecule has 0 spiro atoms. The van der Waals surface area contributed by atoms with Crippen molar-refractivity contribution in [3.05, 3.63) is 124 Å². The molecule has 0 saturated heterocycles. The second kappa shape index (κ2) is 12.8. The number of fused-ring (bicyclic) bond motifs is 1. The normalized spacial score (nSPS) is 25.5. The van der Waals surface area contributed by atoms with E-state index in [2.05, 4.69) is 78.7 Å². The lowest BCUT2D eigenvalue weighted by atomic mass is 9.57. The summed E-state index contributed by atoms with van der Waals surface area (Å²) in [6.45, 7) is 2.32. The molecule has 3 aromatic rings. The Hall–Kier alpha value is -3.45. The van der Waals surface area contributed by atoms with Crippen LogP contribution in [-0.2, 0) is 6.42 Å². The van der Waals surface area contributed by atoms with Crippen LogP contribution >= 0.6 is 0 Å². The predicted molar refractivity (Wildman–Crippen MR) is 170 cm³/mol. The molecule has 0 heterocycles. The van der Waals surface area contributed by atoms with E-state index in [4.69, 9.17) is 0 Å². The van der Waals surface area contributed by atoms with Crippen LogP contribution in [0.1, 0.15) is 87.0 Å². The molecule has 2 nitrogen and oxygen atoms in total. The van der Waals surface area contributed by atoms with E-state index in [9.17, 15) is 9.50 Å². The highest BCUT2D eigenvalue weighted by molar-refractivity contribution is 5.61. The third kappa shape index (κ3) is 6.31. The summed E-state index contributed by atoms with van der Waals surface area (Å²) in [6.07, 6.45) is 13.0. The van der Waals surface area contributed by atoms with Crippen molar-refractivity contribution in [2.75, 3.05) is 0 Å². The average Bonchev–Trinajstić information content (AvgIpc) is 3.00. The van der Waals surface area contributed by atoms with Crippen molar-refractivity contribution in [3.63, 3.8) is 0 Å². The topological polar surface area (TPSA) is 32.3 Å². The molecule has 3 aliphatic rings. The first-order valence-electron chi connectivity index (χ1n) is 15.8. The quantitative estimate of drug-likeness (QED) is 0.243. The van der Waals surface area contributed by atoms with Crippen LogP contribution in [0.3, 0.4) is 0 Å². The first-order chi connectivity index (χ1) is 20.5. The lowest BCUT2D eigenvalue weighted by Gasteiger charge is -2.51. The number of hydrogen-bond donors (Lipinski definition) is 2. The van der Waals surface area contributed by atoms with Gasteiger partial charge in [0.2, 0.25) is 0 Å². The van der Waals surface area contributed by atoms with E-state index in [0.29, 0.717) is 11.6 Å². The van der Waals surface area contributed by atoms with Gasteiger partial charge in [-0.3, -0.25) is 0 Å². The summed E-state index contributed by atoms with van der Waals surface area (Å²) in [4.78, 5) is 0. The fourth-order valence-corrected chi connectivity index (χ4v) is 7.68. The molecular formula is C39H42FNO. The van der Waals surface area contributed by atoms with Crippen LogP contribution in [-0.4, -0.2) is 23.3 Å². The van der Waals surface area contributed by atoms with Crippen molar-refractivity contribution in [1.29, 1.82) is 0 Å². The first kappa shape index (κ1) is 28.7. The van der Waals surface area contributed by atoms with Gasteiger partial charge in [0, 0.05) is 22.6 Å². The van der Waals surface area contributed by atoms with Gasteiger partial charge in [0.15, 0.2) is 0 Å². The molecule has 3 heteroatoms. The predicted octanol–water partition coefficient (Wildman–Crippen LogP) is 8.39. The Kier molecular flexibility index (Phi) is 8.75. The molecular weight excluding hydrogens is 517 g/mol. The first-order valence-corrected chi connectivity index (χ1v) is 15.8. The molecule has 0 bridgehead atoms. The molecule has 3 aromatic carbocycles. The van der Waals surface area contributed by atoms with Crippen molar-refractivity contribution in [3.8, 4) is 11.8 Å². The maximum absolute atomic E-state index is 13.7. The van der Waals surface area contributed by atoms with E-state index in [1.807, 2.05) is 12.1 Å². The van der Waals surface area contributed by atoms with Crippen molar-refractivity contribution in [2.24, 2.45) is 5.41 Å². The average molecular weight is 560 g/mol. The standard InChI is InChI=1S/C39H42FNO/c1-28-36-19-10-20-37(42)39(36,26-31-11-4-2-5-12-31)27-33(38(28)41-35-17-6-3-7-18-35)24-32-15-8-13-29(23-32)21-22-30-14-9-16-34(40)25-30/h2,4-5,8-9,11-16,23-25,35,37-38,41-42H,3,6-7,10,17-20,26-27H2,1H3/b33-24+/t37-,38?,39-/m0/s1. The van der Waals surface area contributed by atoms with E-state index < -0.39 is 0 Å². The second-order valence-corrected chi connectivity index (χ2v) is 12.6. The lowest BCUT2D eigenvalue weighted by molar-refractivity contribution is 0.0191. The maximum atomic E-state index is 13.7. The maximum Gasteiger partial charge on any atom is 0.124 e. The van der Waals surface area contributed by atoms with Crippen LogP contribution in [0.4, 0.5) is 4.39 Å². The van der Waals surface area contributed by atoms with Crippen molar-refractivity contribution < 1.29 is 9.50 Å². The minimum Gasteiger partial charge on any atom is -0.392 e. The Balaban J connectivity index is 1.40. The Morgan fingerprint density at radius 3 is 2.38 bits per heavy atom. The van der Waals surface area contributed by atoms with E-state index in [1.165, 1.54) is 66.5 Å². The molecule has 42 heavy (non-hydrogen) atoms. The molecule has 2 fully saturated rings. The van der Waals surface area contributed by atoms with Gasteiger partial charge in [0.1, 0.15) is 5.82 Å². The summed E-state index contributed by atoms with van der Waals surface area (Å²) >= 11 is 0. The summed E-state index contributed by atoms with van der Waals surface area (Å²) in [6, 6.07) is 26.2. The highest BCUT2D eigenvalue weighted by Gasteiger charge is 2.49. The summed E-state index contributed by atoms with van der Waals surface area (Å²) in [5.74, 6) is 6.08. The van der Waals surface area contributed by atoms with Gasteiger partial charge < -0.3 is 10.4 Å².